The van der Waals surface area contributed by atoms with Crippen LogP contribution in [-0.2, 0) is 11.2 Å². The summed E-state index contributed by atoms with van der Waals surface area (Å²) in [5, 5.41) is 16.2. The minimum atomic E-state index is -0.0959. The number of rotatable bonds is 5. The molecule has 2 unspecified atom stereocenters. The summed E-state index contributed by atoms with van der Waals surface area (Å²) in [6.45, 7) is 6.63. The summed E-state index contributed by atoms with van der Waals surface area (Å²) in [6, 6.07) is 10.2. The van der Waals surface area contributed by atoms with E-state index >= 15 is 0 Å². The molecule has 2 atom stereocenters. The minimum absolute atomic E-state index is 0.0959. The second-order valence-corrected chi connectivity index (χ2v) is 6.15. The number of nitrogens with one attached hydrogen (secondary N) is 1. The van der Waals surface area contributed by atoms with Gasteiger partial charge in [-0.15, -0.1) is 0 Å². The zero-order valence-electron chi connectivity index (χ0n) is 14.2. The van der Waals surface area contributed by atoms with E-state index in [1.165, 1.54) is 5.56 Å². The lowest BCUT2D eigenvalue weighted by Crippen LogP contribution is -2.40. The van der Waals surface area contributed by atoms with Crippen molar-refractivity contribution in [3.8, 4) is 6.07 Å². The van der Waals surface area contributed by atoms with Crippen LogP contribution < -0.4 is 0 Å². The first-order valence-electron chi connectivity index (χ1n) is 8.48. The van der Waals surface area contributed by atoms with Gasteiger partial charge in [-0.3, -0.25) is 10.00 Å². The highest BCUT2D eigenvalue weighted by Gasteiger charge is 2.28. The van der Waals surface area contributed by atoms with Crippen LogP contribution in [0.2, 0.25) is 0 Å². The van der Waals surface area contributed by atoms with Gasteiger partial charge in [-0.05, 0) is 31.0 Å². The number of nitriles is 1. The molecule has 0 saturated carbocycles. The van der Waals surface area contributed by atoms with Crippen molar-refractivity contribution < 1.29 is 4.74 Å². The van der Waals surface area contributed by atoms with Gasteiger partial charge < -0.3 is 4.74 Å². The molecular formula is C18H23N5O. The molecule has 1 aromatic heterocycles. The Bertz CT molecular complexity index is 703. The van der Waals surface area contributed by atoms with E-state index in [2.05, 4.69) is 40.0 Å². The average molecular weight is 325 g/mol. The zero-order chi connectivity index (χ0) is 16.9. The number of benzene rings is 1. The van der Waals surface area contributed by atoms with Crippen molar-refractivity contribution >= 4 is 0 Å². The third-order valence-electron chi connectivity index (χ3n) is 4.49. The molecule has 6 nitrogen and oxygen atoms in total. The maximum Gasteiger partial charge on any atom is 0.180 e. The molecule has 0 amide bonds. The van der Waals surface area contributed by atoms with Crippen LogP contribution in [0, 0.1) is 11.3 Å². The van der Waals surface area contributed by atoms with Gasteiger partial charge in [-0.1, -0.05) is 19.1 Å². The molecule has 0 spiro atoms. The van der Waals surface area contributed by atoms with Crippen molar-refractivity contribution in [2.75, 3.05) is 19.7 Å². The molecule has 2 aromatic rings. The van der Waals surface area contributed by atoms with Crippen LogP contribution in [0.25, 0.3) is 0 Å². The van der Waals surface area contributed by atoms with Gasteiger partial charge in [0.1, 0.15) is 11.9 Å². The lowest BCUT2D eigenvalue weighted by Gasteiger charge is -2.36. The molecule has 6 heteroatoms. The first kappa shape index (κ1) is 16.6. The molecule has 24 heavy (non-hydrogen) atoms. The lowest BCUT2D eigenvalue weighted by atomic mass is 10.0. The van der Waals surface area contributed by atoms with E-state index < -0.39 is 0 Å². The lowest BCUT2D eigenvalue weighted by molar-refractivity contribution is -0.0470. The van der Waals surface area contributed by atoms with E-state index in [1.54, 1.807) is 0 Å². The third kappa shape index (κ3) is 3.64. The first-order valence-corrected chi connectivity index (χ1v) is 8.48. The molecule has 1 N–H and O–H groups in total. The summed E-state index contributed by atoms with van der Waals surface area (Å²) < 4.78 is 5.88. The number of aryl methyl sites for hydroxylation is 1. The highest BCUT2D eigenvalue weighted by atomic mass is 16.5. The predicted octanol–water partition coefficient (Wildman–Crippen LogP) is 2.76. The van der Waals surface area contributed by atoms with E-state index in [4.69, 9.17) is 10.00 Å². The van der Waals surface area contributed by atoms with Crippen LogP contribution in [-0.4, -0.2) is 39.8 Å². The van der Waals surface area contributed by atoms with Gasteiger partial charge in [0.2, 0.25) is 0 Å². The second kappa shape index (κ2) is 7.56. The fourth-order valence-corrected chi connectivity index (χ4v) is 3.03. The Morgan fingerprint density at radius 3 is 2.92 bits per heavy atom. The van der Waals surface area contributed by atoms with Crippen molar-refractivity contribution in [1.29, 1.82) is 5.26 Å². The fraction of sp³-hybridized carbons (Fsp3) is 0.500. The fourth-order valence-electron chi connectivity index (χ4n) is 3.03. The van der Waals surface area contributed by atoms with Gasteiger partial charge in [0.15, 0.2) is 5.82 Å². The smallest absolute Gasteiger partial charge is 0.180 e. The monoisotopic (exact) mass is 325 g/mol. The van der Waals surface area contributed by atoms with E-state index in [9.17, 15) is 0 Å². The van der Waals surface area contributed by atoms with E-state index in [0.717, 1.165) is 37.6 Å². The summed E-state index contributed by atoms with van der Waals surface area (Å²) in [6.07, 6.45) is 1.86. The number of morpholine rings is 1. The molecule has 3 rings (SSSR count). The number of H-pyrrole nitrogens is 1. The molecule has 0 radical (unpaired) electrons. The Hall–Kier alpha value is -2.23. The molecular weight excluding hydrogens is 302 g/mol. The summed E-state index contributed by atoms with van der Waals surface area (Å²) in [5.74, 6) is 1.67. The Kier molecular flexibility index (Phi) is 5.24. The van der Waals surface area contributed by atoms with Crippen LogP contribution in [0.15, 0.2) is 24.3 Å². The minimum Gasteiger partial charge on any atom is -0.367 e. The second-order valence-electron chi connectivity index (χ2n) is 6.15. The molecule has 1 saturated heterocycles. The average Bonchev–Trinajstić information content (AvgIpc) is 3.10. The summed E-state index contributed by atoms with van der Waals surface area (Å²) in [5.41, 5.74) is 1.89. The molecule has 126 valence electrons. The number of hydrogen-bond acceptors (Lipinski definition) is 5. The molecule has 0 aliphatic carbocycles. The summed E-state index contributed by atoms with van der Waals surface area (Å²) >= 11 is 0. The van der Waals surface area contributed by atoms with Crippen LogP contribution in [0.3, 0.4) is 0 Å². The molecule has 0 bridgehead atoms. The predicted molar refractivity (Wildman–Crippen MR) is 90.2 cm³/mol. The Morgan fingerprint density at radius 2 is 2.21 bits per heavy atom. The van der Waals surface area contributed by atoms with Gasteiger partial charge >= 0.3 is 0 Å². The maximum absolute atomic E-state index is 8.92. The van der Waals surface area contributed by atoms with Gasteiger partial charge in [0, 0.05) is 25.6 Å². The number of hydrogen-bond donors (Lipinski definition) is 1. The SMILES string of the molecule is CCCc1nc(C2CN(C(C)c3ccc(C#N)cc3)CCO2)n[nH]1. The van der Waals surface area contributed by atoms with Gasteiger partial charge in [-0.25, -0.2) is 4.98 Å². The Balaban J connectivity index is 1.68. The molecule has 1 fully saturated rings. The highest BCUT2D eigenvalue weighted by Crippen LogP contribution is 2.27. The standard InChI is InChI=1S/C18H23N5O/c1-3-4-17-20-18(22-21-17)16-12-23(9-10-24-16)13(2)15-7-5-14(11-19)6-8-15/h5-8,13,16H,3-4,9-10,12H2,1-2H3,(H,20,21,22). The van der Waals surface area contributed by atoms with Crippen LogP contribution >= 0.6 is 0 Å². The number of aromatic nitrogens is 3. The van der Waals surface area contributed by atoms with Gasteiger partial charge in [-0.2, -0.15) is 10.4 Å². The largest absolute Gasteiger partial charge is 0.367 e. The number of nitrogens with zero attached hydrogens (tertiary/aromatic N) is 4. The van der Waals surface area contributed by atoms with Gasteiger partial charge in [0.25, 0.3) is 0 Å². The van der Waals surface area contributed by atoms with E-state index in [-0.39, 0.29) is 12.1 Å². The Labute approximate surface area is 142 Å². The first-order chi connectivity index (χ1) is 11.7. The van der Waals surface area contributed by atoms with Gasteiger partial charge in [0.05, 0.1) is 18.2 Å². The molecule has 1 aliphatic rings. The molecule has 2 heterocycles. The zero-order valence-corrected chi connectivity index (χ0v) is 14.2. The van der Waals surface area contributed by atoms with Crippen LogP contribution in [0.1, 0.15) is 55.2 Å². The van der Waals surface area contributed by atoms with Crippen LogP contribution in [0.4, 0.5) is 0 Å². The quantitative estimate of drug-likeness (QED) is 0.914. The highest BCUT2D eigenvalue weighted by molar-refractivity contribution is 5.32. The normalized spacial score (nSPS) is 19.8. The van der Waals surface area contributed by atoms with Crippen molar-refractivity contribution in [3.05, 3.63) is 47.0 Å². The van der Waals surface area contributed by atoms with E-state index in [0.29, 0.717) is 12.2 Å². The number of aromatic amines is 1. The summed E-state index contributed by atoms with van der Waals surface area (Å²) in [4.78, 5) is 6.94. The maximum atomic E-state index is 8.92. The molecule has 1 aromatic carbocycles. The van der Waals surface area contributed by atoms with E-state index in [1.807, 2.05) is 24.3 Å². The third-order valence-corrected chi connectivity index (χ3v) is 4.49. The van der Waals surface area contributed by atoms with Crippen molar-refractivity contribution in [2.24, 2.45) is 0 Å². The topological polar surface area (TPSA) is 77.8 Å². The number of ether oxygens (including phenoxy) is 1. The van der Waals surface area contributed by atoms with Crippen molar-refractivity contribution in [2.45, 2.75) is 38.8 Å². The van der Waals surface area contributed by atoms with Crippen molar-refractivity contribution in [1.82, 2.24) is 20.1 Å². The van der Waals surface area contributed by atoms with Crippen LogP contribution in [0.5, 0.6) is 0 Å². The van der Waals surface area contributed by atoms with Crippen molar-refractivity contribution in [3.63, 3.8) is 0 Å². The molecule has 1 aliphatic heterocycles. The summed E-state index contributed by atoms with van der Waals surface area (Å²) in [7, 11) is 0. The Morgan fingerprint density at radius 1 is 1.42 bits per heavy atom.